The first kappa shape index (κ1) is 17.7. The molecule has 27 heavy (non-hydrogen) atoms. The Bertz CT molecular complexity index is 913. The minimum atomic E-state index is -0.340. The summed E-state index contributed by atoms with van der Waals surface area (Å²) in [7, 11) is 1.38. The van der Waals surface area contributed by atoms with Crippen molar-refractivity contribution in [2.75, 3.05) is 25.1 Å². The van der Waals surface area contributed by atoms with E-state index in [1.807, 2.05) is 12.1 Å². The lowest BCUT2D eigenvalue weighted by Gasteiger charge is -2.28. The fourth-order valence-corrected chi connectivity index (χ4v) is 4.14. The predicted molar refractivity (Wildman–Crippen MR) is 108 cm³/mol. The molecular weight excluding hydrogens is 358 g/mol. The van der Waals surface area contributed by atoms with Crippen molar-refractivity contribution in [2.45, 2.75) is 19.3 Å². The quantitative estimate of drug-likeness (QED) is 0.618. The molecular formula is C21H21N3O2S. The maximum atomic E-state index is 11.5. The van der Waals surface area contributed by atoms with E-state index in [0.29, 0.717) is 5.56 Å². The summed E-state index contributed by atoms with van der Waals surface area (Å²) < 4.78 is 4.73. The number of methoxy groups -OCH3 is 1. The standard InChI is InChI=1S/C21H21N3O2S/c1-26-21(25)17-7-5-15(6-8-17)19-22-23-20(27-19)16-9-11-18(12-10-16)24-13-3-2-4-14-24/h5-12H,2-4,13-14H2,1H3. The third-order valence-electron chi connectivity index (χ3n) is 4.81. The van der Waals surface area contributed by atoms with E-state index in [1.54, 1.807) is 23.5 Å². The molecule has 5 nitrogen and oxygen atoms in total. The van der Waals surface area contributed by atoms with Gasteiger partial charge in [-0.1, -0.05) is 23.5 Å². The van der Waals surface area contributed by atoms with Crippen molar-refractivity contribution in [1.29, 1.82) is 0 Å². The molecule has 0 bridgehead atoms. The van der Waals surface area contributed by atoms with Gasteiger partial charge in [0.2, 0.25) is 0 Å². The zero-order chi connectivity index (χ0) is 18.6. The van der Waals surface area contributed by atoms with Crippen LogP contribution in [0.15, 0.2) is 48.5 Å². The summed E-state index contributed by atoms with van der Waals surface area (Å²) in [5, 5.41) is 10.4. The van der Waals surface area contributed by atoms with Crippen LogP contribution in [0.4, 0.5) is 5.69 Å². The fourth-order valence-electron chi connectivity index (χ4n) is 3.29. The number of aromatic nitrogens is 2. The average Bonchev–Trinajstić information content (AvgIpc) is 3.24. The molecule has 0 atom stereocenters. The van der Waals surface area contributed by atoms with E-state index in [1.165, 1.54) is 32.1 Å². The van der Waals surface area contributed by atoms with Gasteiger partial charge in [0, 0.05) is 29.9 Å². The first-order valence-electron chi connectivity index (χ1n) is 9.12. The van der Waals surface area contributed by atoms with Crippen LogP contribution in [-0.2, 0) is 4.74 Å². The molecule has 0 aliphatic carbocycles. The van der Waals surface area contributed by atoms with Gasteiger partial charge in [-0.15, -0.1) is 10.2 Å². The number of carbonyl (C=O) groups excluding carboxylic acids is 1. The first-order chi connectivity index (χ1) is 13.2. The predicted octanol–water partition coefficient (Wildman–Crippen LogP) is 4.65. The summed E-state index contributed by atoms with van der Waals surface area (Å²) in [5.41, 5.74) is 3.82. The minimum Gasteiger partial charge on any atom is -0.465 e. The summed E-state index contributed by atoms with van der Waals surface area (Å²) in [4.78, 5) is 14.0. The highest BCUT2D eigenvalue weighted by molar-refractivity contribution is 7.17. The second kappa shape index (κ2) is 7.88. The molecule has 4 rings (SSSR count). The highest BCUT2D eigenvalue weighted by Crippen LogP contribution is 2.31. The first-order valence-corrected chi connectivity index (χ1v) is 9.94. The Morgan fingerprint density at radius 3 is 2.00 bits per heavy atom. The summed E-state index contributed by atoms with van der Waals surface area (Å²) in [5.74, 6) is -0.340. The smallest absolute Gasteiger partial charge is 0.337 e. The summed E-state index contributed by atoms with van der Waals surface area (Å²) in [6, 6.07) is 15.8. The number of ether oxygens (including phenoxy) is 1. The number of anilines is 1. The zero-order valence-electron chi connectivity index (χ0n) is 15.2. The third kappa shape index (κ3) is 3.85. The van der Waals surface area contributed by atoms with Gasteiger partial charge >= 0.3 is 5.97 Å². The maximum Gasteiger partial charge on any atom is 0.337 e. The molecule has 0 saturated carbocycles. The summed E-state index contributed by atoms with van der Waals surface area (Å²) >= 11 is 1.55. The third-order valence-corrected chi connectivity index (χ3v) is 5.83. The number of nitrogens with zero attached hydrogens (tertiary/aromatic N) is 3. The second-order valence-electron chi connectivity index (χ2n) is 6.58. The number of benzene rings is 2. The Hall–Kier alpha value is -2.73. The maximum absolute atomic E-state index is 11.5. The van der Waals surface area contributed by atoms with E-state index in [0.717, 1.165) is 34.2 Å². The zero-order valence-corrected chi connectivity index (χ0v) is 16.0. The van der Waals surface area contributed by atoms with Crippen LogP contribution in [-0.4, -0.2) is 36.4 Å². The Labute approximate surface area is 162 Å². The molecule has 0 N–H and O–H groups in total. The molecule has 1 aliphatic heterocycles. The van der Waals surface area contributed by atoms with Gasteiger partial charge in [0.15, 0.2) is 0 Å². The van der Waals surface area contributed by atoms with Crippen LogP contribution in [0, 0.1) is 0 Å². The Kier molecular flexibility index (Phi) is 5.16. The van der Waals surface area contributed by atoms with Crippen molar-refractivity contribution < 1.29 is 9.53 Å². The summed E-state index contributed by atoms with van der Waals surface area (Å²) in [6.45, 7) is 2.29. The second-order valence-corrected chi connectivity index (χ2v) is 7.55. The van der Waals surface area contributed by atoms with Crippen LogP contribution in [0.2, 0.25) is 0 Å². The molecule has 1 aliphatic rings. The van der Waals surface area contributed by atoms with E-state index in [-0.39, 0.29) is 5.97 Å². The van der Waals surface area contributed by atoms with Crippen molar-refractivity contribution in [3.63, 3.8) is 0 Å². The van der Waals surface area contributed by atoms with E-state index in [4.69, 9.17) is 4.74 Å². The van der Waals surface area contributed by atoms with Crippen LogP contribution in [0.5, 0.6) is 0 Å². The molecule has 1 fully saturated rings. The number of carbonyl (C=O) groups is 1. The Balaban J connectivity index is 1.51. The molecule has 0 amide bonds. The van der Waals surface area contributed by atoms with Gasteiger partial charge in [-0.3, -0.25) is 0 Å². The van der Waals surface area contributed by atoms with Gasteiger partial charge in [-0.25, -0.2) is 4.79 Å². The topological polar surface area (TPSA) is 55.3 Å². The average molecular weight is 379 g/mol. The lowest BCUT2D eigenvalue weighted by Crippen LogP contribution is -2.29. The van der Waals surface area contributed by atoms with E-state index in [2.05, 4.69) is 39.4 Å². The molecule has 1 saturated heterocycles. The minimum absolute atomic E-state index is 0.340. The lowest BCUT2D eigenvalue weighted by molar-refractivity contribution is 0.0601. The van der Waals surface area contributed by atoms with Gasteiger partial charge in [-0.05, 0) is 55.7 Å². The summed E-state index contributed by atoms with van der Waals surface area (Å²) in [6.07, 6.45) is 3.88. The van der Waals surface area contributed by atoms with Gasteiger partial charge in [-0.2, -0.15) is 0 Å². The normalized spacial score (nSPS) is 14.2. The van der Waals surface area contributed by atoms with Crippen LogP contribution < -0.4 is 4.90 Å². The number of rotatable bonds is 4. The molecule has 138 valence electrons. The van der Waals surface area contributed by atoms with Crippen molar-refractivity contribution in [3.8, 4) is 21.1 Å². The highest BCUT2D eigenvalue weighted by Gasteiger charge is 2.13. The molecule has 2 heterocycles. The molecule has 6 heteroatoms. The molecule has 2 aromatic carbocycles. The van der Waals surface area contributed by atoms with Crippen molar-refractivity contribution >= 4 is 23.0 Å². The van der Waals surface area contributed by atoms with Crippen LogP contribution >= 0.6 is 11.3 Å². The van der Waals surface area contributed by atoms with Crippen molar-refractivity contribution in [2.24, 2.45) is 0 Å². The fraction of sp³-hybridized carbons (Fsp3) is 0.286. The monoisotopic (exact) mass is 379 g/mol. The molecule has 0 radical (unpaired) electrons. The van der Waals surface area contributed by atoms with Crippen molar-refractivity contribution in [1.82, 2.24) is 10.2 Å². The molecule has 0 unspecified atom stereocenters. The van der Waals surface area contributed by atoms with E-state index >= 15 is 0 Å². The SMILES string of the molecule is COC(=O)c1ccc(-c2nnc(-c3ccc(N4CCCCC4)cc3)s2)cc1. The largest absolute Gasteiger partial charge is 0.465 e. The number of hydrogen-bond acceptors (Lipinski definition) is 6. The van der Waals surface area contributed by atoms with Gasteiger partial charge in [0.25, 0.3) is 0 Å². The number of piperidine rings is 1. The number of esters is 1. The molecule has 3 aromatic rings. The Morgan fingerprint density at radius 2 is 1.44 bits per heavy atom. The molecule has 1 aromatic heterocycles. The van der Waals surface area contributed by atoms with Crippen LogP contribution in [0.3, 0.4) is 0 Å². The van der Waals surface area contributed by atoms with Crippen LogP contribution in [0.1, 0.15) is 29.6 Å². The van der Waals surface area contributed by atoms with Crippen molar-refractivity contribution in [3.05, 3.63) is 54.1 Å². The van der Waals surface area contributed by atoms with Gasteiger partial charge in [0.05, 0.1) is 12.7 Å². The number of hydrogen-bond donors (Lipinski definition) is 0. The lowest BCUT2D eigenvalue weighted by atomic mass is 10.1. The van der Waals surface area contributed by atoms with E-state index in [9.17, 15) is 4.79 Å². The van der Waals surface area contributed by atoms with Gasteiger partial charge in [0.1, 0.15) is 10.0 Å². The highest BCUT2D eigenvalue weighted by atomic mass is 32.1. The van der Waals surface area contributed by atoms with Gasteiger partial charge < -0.3 is 9.64 Å². The molecule has 0 spiro atoms. The van der Waals surface area contributed by atoms with Crippen LogP contribution in [0.25, 0.3) is 21.1 Å². The van der Waals surface area contributed by atoms with E-state index < -0.39 is 0 Å². The Morgan fingerprint density at radius 1 is 0.889 bits per heavy atom.